The van der Waals surface area contributed by atoms with Crippen molar-refractivity contribution in [2.75, 3.05) is 17.2 Å². The largest absolute Gasteiger partial charge is 0.492 e. The molecule has 2 aliphatic heterocycles. The molecular weight excluding hydrogens is 705 g/mol. The molecule has 0 bridgehead atoms. The summed E-state index contributed by atoms with van der Waals surface area (Å²) in [6.45, 7) is 0. The van der Waals surface area contributed by atoms with Gasteiger partial charge in [-0.05, 0) is 29.2 Å². The van der Waals surface area contributed by atoms with Gasteiger partial charge in [0.1, 0.15) is 28.4 Å². The molecule has 1 aromatic carbocycles. The van der Waals surface area contributed by atoms with Crippen molar-refractivity contribution in [1.82, 2.24) is 19.6 Å². The number of aliphatic carboxylic acids is 2. The number of hydrogen-bond donors (Lipinski definition) is 6. The van der Waals surface area contributed by atoms with Gasteiger partial charge in [0.05, 0.1) is 4.21 Å². The number of carboxylic acid groups (broad SMARTS) is 3. The van der Waals surface area contributed by atoms with Crippen molar-refractivity contribution < 1.29 is 49.2 Å². The van der Waals surface area contributed by atoms with E-state index in [1.165, 1.54) is 17.1 Å². The summed E-state index contributed by atoms with van der Waals surface area (Å²) in [6, 6.07) is 7.33. The Balaban J connectivity index is 1.32. The van der Waals surface area contributed by atoms with Gasteiger partial charge in [-0.15, -0.1) is 34.9 Å². The minimum atomic E-state index is -1.55. The molecule has 0 saturated carbocycles. The zero-order valence-electron chi connectivity index (χ0n) is 22.8. The van der Waals surface area contributed by atoms with Crippen molar-refractivity contribution in [3.05, 3.63) is 58.2 Å². The zero-order chi connectivity index (χ0) is 33.1. The van der Waals surface area contributed by atoms with Gasteiger partial charge in [-0.1, -0.05) is 35.1 Å². The second kappa shape index (κ2) is 14.0. The number of nitrogens with zero attached hydrogens (tertiary/aromatic N) is 4. The second-order valence-corrected chi connectivity index (χ2v) is 14.2. The van der Waals surface area contributed by atoms with Crippen LogP contribution in [0.5, 0.6) is 5.88 Å². The number of fused-ring (bicyclic) bond motifs is 1. The first-order valence-electron chi connectivity index (χ1n) is 12.6. The average Bonchev–Trinajstić information content (AvgIpc) is 3.62. The van der Waals surface area contributed by atoms with Crippen LogP contribution < -0.4 is 11.1 Å². The van der Waals surface area contributed by atoms with Gasteiger partial charge in [0, 0.05) is 21.8 Å². The second-order valence-electron chi connectivity index (χ2n) is 9.10. The predicted octanol–water partition coefficient (Wildman–Crippen LogP) is 2.04. The van der Waals surface area contributed by atoms with Gasteiger partial charge in [0.2, 0.25) is 5.88 Å². The minimum absolute atomic E-state index is 0.00476. The molecular formula is C25H20N6O10S5. The topological polar surface area (TPSA) is 255 Å². The molecule has 1 fully saturated rings. The quantitative estimate of drug-likeness (QED) is 0.0485. The molecule has 0 spiro atoms. The van der Waals surface area contributed by atoms with E-state index in [9.17, 15) is 44.4 Å². The normalized spacial score (nSPS) is 18.4. The van der Waals surface area contributed by atoms with Gasteiger partial charge in [-0.3, -0.25) is 14.5 Å². The van der Waals surface area contributed by atoms with Gasteiger partial charge in [-0.2, -0.15) is 4.37 Å². The Kier molecular flexibility index (Phi) is 10.1. The van der Waals surface area contributed by atoms with Gasteiger partial charge < -0.3 is 36.3 Å². The summed E-state index contributed by atoms with van der Waals surface area (Å²) >= 11 is 4.70. The number of thioether (sulfide) groups is 3. The number of aromatic hydroxyl groups is 1. The highest BCUT2D eigenvalue weighted by Gasteiger charge is 2.54. The number of carboxylic acids is 3. The maximum absolute atomic E-state index is 13.4. The van der Waals surface area contributed by atoms with E-state index in [2.05, 4.69) is 19.8 Å². The monoisotopic (exact) mass is 724 g/mol. The van der Waals surface area contributed by atoms with Gasteiger partial charge in [-0.25, -0.2) is 19.4 Å². The third-order valence-electron chi connectivity index (χ3n) is 6.18. The number of carbonyl (C=O) groups is 5. The maximum Gasteiger partial charge on any atom is 0.358 e. The van der Waals surface area contributed by atoms with E-state index in [4.69, 9.17) is 10.6 Å². The SMILES string of the molecule is Nc1nc(/C(=N/O[C@H](Sc2ccccc2)C(=O)O)C(=O)N[C@@H]2C(=O)N3C(C(=O)O)=C(CSc4snc(O)c4C(=O)O)CS[C@@H]23)cs1. The smallest absolute Gasteiger partial charge is 0.358 e. The van der Waals surface area contributed by atoms with E-state index in [0.29, 0.717) is 10.5 Å². The Labute approximate surface area is 278 Å². The van der Waals surface area contributed by atoms with Crippen molar-refractivity contribution >= 4 is 98.7 Å². The van der Waals surface area contributed by atoms with Crippen molar-refractivity contribution in [2.24, 2.45) is 5.16 Å². The number of amides is 2. The van der Waals surface area contributed by atoms with Crippen LogP contribution in [-0.4, -0.2) is 98.5 Å². The van der Waals surface area contributed by atoms with Crippen molar-refractivity contribution in [3.8, 4) is 5.88 Å². The average molecular weight is 725 g/mol. The number of benzene rings is 1. The molecule has 240 valence electrons. The van der Waals surface area contributed by atoms with Gasteiger partial charge in [0.25, 0.3) is 17.3 Å². The van der Waals surface area contributed by atoms with Crippen LogP contribution in [0.15, 0.2) is 61.2 Å². The van der Waals surface area contributed by atoms with Crippen LogP contribution >= 0.6 is 58.2 Å². The molecule has 21 heteroatoms. The van der Waals surface area contributed by atoms with E-state index in [1.807, 2.05) is 0 Å². The molecule has 2 aliphatic rings. The first kappa shape index (κ1) is 33.1. The fourth-order valence-electron chi connectivity index (χ4n) is 4.15. The maximum atomic E-state index is 13.4. The zero-order valence-corrected chi connectivity index (χ0v) is 26.8. The molecule has 3 aromatic rings. The number of anilines is 1. The van der Waals surface area contributed by atoms with Crippen LogP contribution in [0.1, 0.15) is 16.1 Å². The van der Waals surface area contributed by atoms with Crippen molar-refractivity contribution in [3.63, 3.8) is 0 Å². The highest BCUT2D eigenvalue weighted by Crippen LogP contribution is 2.43. The minimum Gasteiger partial charge on any atom is -0.492 e. The summed E-state index contributed by atoms with van der Waals surface area (Å²) in [5, 5.41) is 45.7. The summed E-state index contributed by atoms with van der Waals surface area (Å²) in [7, 11) is 0. The molecule has 16 nitrogen and oxygen atoms in total. The van der Waals surface area contributed by atoms with Gasteiger partial charge >= 0.3 is 17.9 Å². The number of rotatable bonds is 13. The molecule has 2 amide bonds. The summed E-state index contributed by atoms with van der Waals surface area (Å²) < 4.78 is 3.79. The molecule has 7 N–H and O–H groups in total. The molecule has 46 heavy (non-hydrogen) atoms. The van der Waals surface area contributed by atoms with Crippen LogP contribution in [0.4, 0.5) is 5.13 Å². The standard InChI is InChI=1S/C25H20N6O10S5/c26-25-27-11(8-44-25)13(29-41-23(22(39)40)45-10-4-2-1-3-5-10)17(33)28-14-18(34)31-15(21(37)38)9(6-42-19(14)31)7-43-24-12(20(35)36)16(32)30-46-24/h1-5,8,14,19,23H,6-7H2,(H2,26,27)(H,28,33)(H,30,32)(H,35,36)(H,37,38)(H,39,40)/b29-13-/t14-,19+,23-/m1/s1. The molecule has 1 saturated heterocycles. The van der Waals surface area contributed by atoms with Crippen LogP contribution in [0, 0.1) is 0 Å². The first-order chi connectivity index (χ1) is 22.0. The van der Waals surface area contributed by atoms with E-state index in [1.54, 1.807) is 30.3 Å². The number of β-lactam (4-membered cyclic amide) rings is 1. The number of nitrogens with two attached hydrogens (primary N) is 1. The lowest BCUT2D eigenvalue weighted by Crippen LogP contribution is -2.71. The molecule has 0 unspecified atom stereocenters. The number of hydrogen-bond acceptors (Lipinski definition) is 16. The predicted molar refractivity (Wildman–Crippen MR) is 169 cm³/mol. The summed E-state index contributed by atoms with van der Waals surface area (Å²) in [5.74, 6) is -6.34. The molecule has 4 heterocycles. The Morgan fingerprint density at radius 2 is 1.91 bits per heavy atom. The van der Waals surface area contributed by atoms with Crippen molar-refractivity contribution in [2.45, 2.75) is 26.0 Å². The third kappa shape index (κ3) is 6.92. The summed E-state index contributed by atoms with van der Waals surface area (Å²) in [4.78, 5) is 73.1. The Bertz CT molecular complexity index is 1780. The summed E-state index contributed by atoms with van der Waals surface area (Å²) in [5.41, 5.74) is 3.32. The highest BCUT2D eigenvalue weighted by atomic mass is 32.2. The van der Waals surface area contributed by atoms with Crippen LogP contribution in [0.25, 0.3) is 0 Å². The lowest BCUT2D eigenvalue weighted by atomic mass is 10.0. The third-order valence-corrected chi connectivity index (χ3v) is 11.4. The highest BCUT2D eigenvalue weighted by molar-refractivity contribution is 8.02. The van der Waals surface area contributed by atoms with Crippen LogP contribution in [0.3, 0.4) is 0 Å². The number of nitrogens with one attached hydrogen (secondary N) is 1. The number of thiazole rings is 1. The van der Waals surface area contributed by atoms with E-state index in [-0.39, 0.29) is 32.2 Å². The van der Waals surface area contributed by atoms with E-state index < -0.39 is 63.7 Å². The van der Waals surface area contributed by atoms with E-state index >= 15 is 0 Å². The lowest BCUT2D eigenvalue weighted by molar-refractivity contribution is -0.150. The van der Waals surface area contributed by atoms with Crippen molar-refractivity contribution in [1.29, 1.82) is 0 Å². The Morgan fingerprint density at radius 3 is 2.54 bits per heavy atom. The Morgan fingerprint density at radius 1 is 1.17 bits per heavy atom. The number of aromatic carboxylic acids is 1. The molecule has 0 aliphatic carbocycles. The van der Waals surface area contributed by atoms with Crippen LogP contribution in [0.2, 0.25) is 0 Å². The molecule has 3 atom stereocenters. The molecule has 2 aromatic heterocycles. The fourth-order valence-corrected chi connectivity index (χ4v) is 8.81. The van der Waals surface area contributed by atoms with Gasteiger partial charge in [0.15, 0.2) is 10.8 Å². The molecule has 5 rings (SSSR count). The number of carbonyl (C=O) groups excluding carboxylic acids is 2. The van der Waals surface area contributed by atoms with E-state index in [0.717, 1.165) is 51.3 Å². The fraction of sp³-hybridized carbons (Fsp3) is 0.200. The lowest BCUT2D eigenvalue weighted by Gasteiger charge is -2.49. The number of oxime groups is 1. The first-order valence-corrected chi connectivity index (χ1v) is 17.2. The van der Waals surface area contributed by atoms with Crippen LogP contribution in [-0.2, 0) is 24.0 Å². The summed E-state index contributed by atoms with van der Waals surface area (Å²) in [6.07, 6.45) is 0. The Hall–Kier alpha value is -4.31. The number of aromatic nitrogens is 2. The molecule has 0 radical (unpaired) electrons. The number of nitrogen functional groups attached to an aromatic ring is 1.